The molecule has 0 heterocycles. The second-order valence-corrected chi connectivity index (χ2v) is 18.1. The number of rotatable bonds is 6. The number of halogens is 2. The molecule has 4 aromatic rings. The van der Waals surface area contributed by atoms with Gasteiger partial charge in [-0.25, -0.2) is 0 Å². The van der Waals surface area contributed by atoms with Crippen LogP contribution in [0.25, 0.3) is 11.1 Å². The molecule has 4 aromatic carbocycles. The van der Waals surface area contributed by atoms with Gasteiger partial charge in [-0.2, -0.15) is 0 Å². The Morgan fingerprint density at radius 2 is 1.16 bits per heavy atom. The fourth-order valence-corrected chi connectivity index (χ4v) is 14.1. The summed E-state index contributed by atoms with van der Waals surface area (Å²) in [5.41, 5.74) is 3.64. The van der Waals surface area contributed by atoms with Crippen molar-refractivity contribution in [1.29, 1.82) is 0 Å². The predicted octanol–water partition coefficient (Wildman–Crippen LogP) is 8.52. The monoisotopic (exact) mass is 578 g/mol. The second-order valence-electron chi connectivity index (χ2n) is 10.8. The van der Waals surface area contributed by atoms with Gasteiger partial charge in [0.1, 0.15) is 0 Å². The number of hydrogen-bond donors (Lipinski definition) is 0. The van der Waals surface area contributed by atoms with Crippen molar-refractivity contribution in [3.8, 4) is 16.9 Å². The van der Waals surface area contributed by atoms with Gasteiger partial charge in [0, 0.05) is 0 Å². The van der Waals surface area contributed by atoms with Crippen LogP contribution in [0.15, 0.2) is 137 Å². The van der Waals surface area contributed by atoms with Crippen molar-refractivity contribution in [1.82, 2.24) is 0 Å². The standard InChI is InChI=1S/C12H10O.C9H13.2C6H5.CH2.2ClH.Ti/c13-12-8-4-7-11(9-12)10-5-2-1-3-6-10;1-9(2,3)8-6-4-5-7-8;2*1-2-4-6-5-3-1;;;;/h1-9,13H;4,6H,5H2,1-3H3;2*1-5H;1H2;2*1H;/q;;;;;;;+1/p-1. The summed E-state index contributed by atoms with van der Waals surface area (Å²) in [5, 5.41) is 0. The molecule has 0 N–H and O–H groups in total. The van der Waals surface area contributed by atoms with E-state index in [1.165, 1.54) is 22.8 Å². The van der Waals surface area contributed by atoms with Crippen molar-refractivity contribution in [3.63, 3.8) is 0 Å². The van der Waals surface area contributed by atoms with Crippen LogP contribution in [-0.4, -0.2) is 4.82 Å². The van der Waals surface area contributed by atoms with E-state index in [1.807, 2.05) is 6.07 Å². The molecule has 196 valence electrons. The van der Waals surface area contributed by atoms with Gasteiger partial charge in [0.2, 0.25) is 0 Å². The summed E-state index contributed by atoms with van der Waals surface area (Å²) in [6.07, 6.45) is 5.45. The van der Waals surface area contributed by atoms with E-state index < -0.39 is 15.2 Å². The minimum atomic E-state index is -4.59. The molecule has 0 aliphatic heterocycles. The van der Waals surface area contributed by atoms with Crippen molar-refractivity contribution in [2.75, 3.05) is 0 Å². The molecule has 0 bridgehead atoms. The third kappa shape index (κ3) is 5.26. The third-order valence-corrected chi connectivity index (χ3v) is 16.1. The van der Waals surface area contributed by atoms with E-state index in [-0.39, 0.29) is 30.2 Å². The summed E-state index contributed by atoms with van der Waals surface area (Å²) in [6.45, 7) is 6.88. The van der Waals surface area contributed by atoms with Crippen LogP contribution in [-0.2, 0) is 15.2 Å². The molecule has 0 saturated heterocycles. The second kappa shape index (κ2) is 11.6. The van der Waals surface area contributed by atoms with Crippen LogP contribution in [0.3, 0.4) is 0 Å². The van der Waals surface area contributed by atoms with Gasteiger partial charge in [-0.05, 0) is 0 Å². The maximum atomic E-state index is 7.52. The van der Waals surface area contributed by atoms with Gasteiger partial charge in [0.25, 0.3) is 0 Å². The van der Waals surface area contributed by atoms with Crippen LogP contribution in [0.5, 0.6) is 5.75 Å². The van der Waals surface area contributed by atoms with E-state index in [2.05, 4.69) is 142 Å². The van der Waals surface area contributed by atoms with Gasteiger partial charge in [-0.3, -0.25) is 0 Å². The average molecular weight is 579 g/mol. The maximum absolute atomic E-state index is 7.52. The van der Waals surface area contributed by atoms with Crippen molar-refractivity contribution in [2.45, 2.75) is 27.2 Å². The first-order chi connectivity index (χ1) is 17.3. The molecular weight excluding hydrogens is 543 g/mol. The molecule has 4 heteroatoms. The van der Waals surface area contributed by atoms with Crippen LogP contribution < -0.4 is 11.1 Å². The molecule has 0 saturated carbocycles. The molecule has 0 amide bonds. The van der Waals surface area contributed by atoms with E-state index in [1.54, 1.807) is 0 Å². The van der Waals surface area contributed by atoms with Gasteiger partial charge >= 0.3 is 217 Å². The van der Waals surface area contributed by atoms with Gasteiger partial charge < -0.3 is 0 Å². The van der Waals surface area contributed by atoms with E-state index in [4.69, 9.17) is 8.14 Å². The van der Waals surface area contributed by atoms with E-state index >= 15 is 0 Å². The molecule has 38 heavy (non-hydrogen) atoms. The van der Waals surface area contributed by atoms with Crippen LogP contribution in [0.4, 0.5) is 0 Å². The normalized spacial score (nSPS) is 13.5. The Labute approximate surface area is 241 Å². The zero-order chi connectivity index (χ0) is 25.3. The Morgan fingerprint density at radius 3 is 1.68 bits per heavy atom. The first kappa shape index (κ1) is 29.9. The molecule has 1 aliphatic carbocycles. The molecule has 0 unspecified atom stereocenters. The third-order valence-electron chi connectivity index (χ3n) is 7.43. The van der Waals surface area contributed by atoms with E-state index in [0.717, 1.165) is 17.7 Å². The Balaban J connectivity index is 0.00000200. The molecule has 0 fully saturated rings. The number of allylic oxidation sites excluding steroid dienone is 4. The van der Waals surface area contributed by atoms with Crippen molar-refractivity contribution in [2.24, 2.45) is 5.41 Å². The van der Waals surface area contributed by atoms with Gasteiger partial charge in [-0.1, -0.05) is 0 Å². The topological polar surface area (TPSA) is 9.23 Å². The van der Waals surface area contributed by atoms with Crippen molar-refractivity contribution < 1.29 is 18.5 Å². The summed E-state index contributed by atoms with van der Waals surface area (Å²) < 4.78 is 11.3. The molecule has 1 aliphatic rings. The zero-order valence-corrected chi connectivity index (χ0v) is 25.5. The quantitative estimate of drug-likeness (QED) is 0.208. The Bertz CT molecular complexity index is 1460. The molecule has 0 atom stereocenters. The average Bonchev–Trinajstić information content (AvgIpc) is 3.43. The summed E-state index contributed by atoms with van der Waals surface area (Å²) in [4.78, 5) is 5.26. The molecule has 1 nitrogen and oxygen atoms in total. The number of benzene rings is 4. The first-order valence-corrected chi connectivity index (χ1v) is 16.8. The molecule has 0 radical (unpaired) electrons. The zero-order valence-electron chi connectivity index (χ0n) is 22.3. The molecule has 0 aromatic heterocycles. The Hall–Kier alpha value is -2.68. The fourth-order valence-electron chi connectivity index (χ4n) is 5.61. The van der Waals surface area contributed by atoms with Crippen LogP contribution in [0.1, 0.15) is 27.2 Å². The van der Waals surface area contributed by atoms with Crippen molar-refractivity contribution in [3.05, 3.63) is 137 Å². The van der Waals surface area contributed by atoms with Gasteiger partial charge in [0.15, 0.2) is 0 Å². The van der Waals surface area contributed by atoms with Crippen molar-refractivity contribution >= 4 is 37.4 Å². The van der Waals surface area contributed by atoms with Crippen LogP contribution >= 0.6 is 24.8 Å². The van der Waals surface area contributed by atoms with E-state index in [0.29, 0.717) is 0 Å². The van der Waals surface area contributed by atoms with Gasteiger partial charge in [0.05, 0.1) is 0 Å². The summed E-state index contributed by atoms with van der Waals surface area (Å²) in [6, 6.07) is 40.5. The van der Waals surface area contributed by atoms with Crippen LogP contribution in [0.2, 0.25) is 0 Å². The van der Waals surface area contributed by atoms with Gasteiger partial charge in [-0.15, -0.1) is 24.8 Å². The molecular formula is C34H36Cl2OTi. The van der Waals surface area contributed by atoms with E-state index in [9.17, 15) is 0 Å². The first-order valence-electron chi connectivity index (χ1n) is 12.7. The number of hydrogen-bond acceptors (Lipinski definition) is 1. The Kier molecular flexibility index (Phi) is 9.12. The summed E-state index contributed by atoms with van der Waals surface area (Å²) in [5.74, 6) is 0.865. The summed E-state index contributed by atoms with van der Waals surface area (Å²) >= 11 is -4.59. The van der Waals surface area contributed by atoms with Crippen LogP contribution in [0, 0.1) is 5.41 Å². The molecule has 0 spiro atoms. The minimum absolute atomic E-state index is 0. The SMILES string of the molecule is Cl.Cl.[CH2]=[Ti]([O]c1cccc(-c2ccccc2)c1)([C]1=C(C(C)(C)C)C=CC1)([c]1ccccc1)[c]1ccccc1. The predicted molar refractivity (Wildman–Crippen MR) is 167 cm³/mol. The molecule has 5 rings (SSSR count). The Morgan fingerprint density at radius 1 is 0.658 bits per heavy atom. The fraction of sp³-hybridized carbons (Fsp3) is 0.147. The summed E-state index contributed by atoms with van der Waals surface area (Å²) in [7, 11) is 0.